The monoisotopic (exact) mass is 208 g/mol. The first-order valence-electron chi connectivity index (χ1n) is 4.37. The molecular weight excluding hydrogens is 196 g/mol. The van der Waals surface area contributed by atoms with Crippen molar-refractivity contribution in [2.24, 2.45) is 0 Å². The number of anilines is 1. The maximum Gasteiger partial charge on any atom is 0.337 e. The topological polar surface area (TPSA) is 102 Å². The van der Waals surface area contributed by atoms with E-state index in [0.29, 0.717) is 12.2 Å². The van der Waals surface area contributed by atoms with Crippen molar-refractivity contribution in [2.75, 3.05) is 12.3 Å². The Morgan fingerprint density at radius 3 is 2.40 bits per heavy atom. The predicted octanol–water partition coefficient (Wildman–Crippen LogP) is 0.392. The standard InChI is InChI=1S/C8H9NO2.C2H3NO/c1-5-2-3-6(8(10)11)7(9)4-5;4-2-1-3-2/h2-4H,9H2,1H3,(H,10,11);1H2,(H,3,4). The van der Waals surface area contributed by atoms with Crippen LogP contribution in [-0.2, 0) is 4.79 Å². The van der Waals surface area contributed by atoms with Gasteiger partial charge in [0.2, 0.25) is 5.91 Å². The molecule has 5 heteroatoms. The van der Waals surface area contributed by atoms with Crippen LogP contribution in [0.15, 0.2) is 18.2 Å². The van der Waals surface area contributed by atoms with E-state index in [2.05, 4.69) is 5.32 Å². The third kappa shape index (κ3) is 3.68. The maximum atomic E-state index is 10.5. The van der Waals surface area contributed by atoms with Gasteiger partial charge in [0.15, 0.2) is 0 Å². The molecule has 2 rings (SSSR count). The average molecular weight is 208 g/mol. The first kappa shape index (κ1) is 11.0. The second kappa shape index (κ2) is 4.45. The van der Waals surface area contributed by atoms with Gasteiger partial charge < -0.3 is 16.2 Å². The Morgan fingerprint density at radius 1 is 1.53 bits per heavy atom. The minimum atomic E-state index is -0.984. The number of aromatic carboxylic acids is 1. The normalized spacial score (nSPS) is 12.2. The molecule has 0 spiro atoms. The van der Waals surface area contributed by atoms with Gasteiger partial charge in [-0.2, -0.15) is 0 Å². The van der Waals surface area contributed by atoms with E-state index in [0.717, 1.165) is 5.56 Å². The third-order valence-electron chi connectivity index (χ3n) is 1.76. The maximum absolute atomic E-state index is 10.5. The summed E-state index contributed by atoms with van der Waals surface area (Å²) in [5.74, 6) is -0.817. The highest BCUT2D eigenvalue weighted by atomic mass is 16.4. The fourth-order valence-corrected chi connectivity index (χ4v) is 0.913. The number of carboxylic acids is 1. The minimum absolute atomic E-state index is 0.163. The molecule has 0 radical (unpaired) electrons. The lowest BCUT2D eigenvalue weighted by molar-refractivity contribution is -0.110. The van der Waals surface area contributed by atoms with Crippen LogP contribution >= 0.6 is 0 Å². The van der Waals surface area contributed by atoms with Crippen molar-refractivity contribution in [1.82, 2.24) is 5.32 Å². The van der Waals surface area contributed by atoms with Crippen LogP contribution in [0.3, 0.4) is 0 Å². The molecule has 1 aliphatic heterocycles. The second-order valence-electron chi connectivity index (χ2n) is 3.17. The zero-order valence-electron chi connectivity index (χ0n) is 8.28. The van der Waals surface area contributed by atoms with Crippen LogP contribution in [0.25, 0.3) is 0 Å². The molecule has 1 saturated heterocycles. The summed E-state index contributed by atoms with van der Waals surface area (Å²) in [6.07, 6.45) is 0. The number of amides is 1. The van der Waals surface area contributed by atoms with Gasteiger partial charge in [0.05, 0.1) is 12.1 Å². The zero-order valence-corrected chi connectivity index (χ0v) is 8.28. The Bertz CT molecular complexity index is 396. The van der Waals surface area contributed by atoms with Gasteiger partial charge in [-0.1, -0.05) is 6.07 Å². The van der Waals surface area contributed by atoms with Crippen molar-refractivity contribution in [3.8, 4) is 0 Å². The SMILES string of the molecule is Cc1ccc(C(=O)O)c(N)c1.O=C1CN1. The average Bonchev–Trinajstić information content (AvgIpc) is 2.87. The molecule has 1 aliphatic rings. The number of carbonyl (C=O) groups excluding carboxylic acids is 1. The smallest absolute Gasteiger partial charge is 0.337 e. The van der Waals surface area contributed by atoms with Crippen molar-refractivity contribution in [2.45, 2.75) is 6.92 Å². The Balaban J connectivity index is 0.000000234. The summed E-state index contributed by atoms with van der Waals surface area (Å²) in [5, 5.41) is 11.0. The number of nitrogens with two attached hydrogens (primary N) is 1. The largest absolute Gasteiger partial charge is 0.478 e. The number of rotatable bonds is 1. The lowest BCUT2D eigenvalue weighted by Gasteiger charge is -2.00. The molecule has 1 aromatic rings. The minimum Gasteiger partial charge on any atom is -0.478 e. The predicted molar refractivity (Wildman–Crippen MR) is 55.6 cm³/mol. The van der Waals surface area contributed by atoms with Crippen molar-refractivity contribution >= 4 is 17.6 Å². The number of nitrogen functional groups attached to an aromatic ring is 1. The van der Waals surface area contributed by atoms with Crippen molar-refractivity contribution in [3.63, 3.8) is 0 Å². The summed E-state index contributed by atoms with van der Waals surface area (Å²) in [6, 6.07) is 4.87. The molecule has 1 aromatic carbocycles. The molecule has 1 fully saturated rings. The van der Waals surface area contributed by atoms with Crippen LogP contribution in [0.4, 0.5) is 5.69 Å². The van der Waals surface area contributed by atoms with Gasteiger partial charge in [-0.25, -0.2) is 4.79 Å². The van der Waals surface area contributed by atoms with E-state index >= 15 is 0 Å². The Hall–Kier alpha value is -2.04. The summed E-state index contributed by atoms with van der Waals surface area (Å²) < 4.78 is 0. The Morgan fingerprint density at radius 2 is 2.07 bits per heavy atom. The highest BCUT2D eigenvalue weighted by Crippen LogP contribution is 2.12. The van der Waals surface area contributed by atoms with Gasteiger partial charge in [0.1, 0.15) is 0 Å². The molecular formula is C10H12N2O3. The van der Waals surface area contributed by atoms with Crippen LogP contribution in [0.2, 0.25) is 0 Å². The number of hydrogen-bond donors (Lipinski definition) is 3. The lowest BCUT2D eigenvalue weighted by atomic mass is 10.1. The van der Waals surface area contributed by atoms with E-state index in [4.69, 9.17) is 10.8 Å². The zero-order chi connectivity index (χ0) is 11.4. The first-order chi connectivity index (χ1) is 7.00. The lowest BCUT2D eigenvalue weighted by Crippen LogP contribution is -2.01. The fraction of sp³-hybridized carbons (Fsp3) is 0.200. The highest BCUT2D eigenvalue weighted by Gasteiger charge is 2.10. The molecule has 0 aliphatic carbocycles. The van der Waals surface area contributed by atoms with E-state index in [1.54, 1.807) is 12.1 Å². The molecule has 80 valence electrons. The van der Waals surface area contributed by atoms with Gasteiger partial charge in [-0.05, 0) is 24.6 Å². The van der Waals surface area contributed by atoms with Gasteiger partial charge >= 0.3 is 5.97 Å². The number of carbonyl (C=O) groups is 2. The number of hydrogen-bond acceptors (Lipinski definition) is 3. The second-order valence-corrected chi connectivity index (χ2v) is 3.17. The van der Waals surface area contributed by atoms with Gasteiger partial charge in [-0.3, -0.25) is 4.79 Å². The van der Waals surface area contributed by atoms with Gasteiger partial charge in [0, 0.05) is 5.69 Å². The van der Waals surface area contributed by atoms with E-state index in [1.807, 2.05) is 6.92 Å². The highest BCUT2D eigenvalue weighted by molar-refractivity contribution is 5.93. The van der Waals surface area contributed by atoms with Crippen LogP contribution < -0.4 is 11.1 Å². The van der Waals surface area contributed by atoms with Gasteiger partial charge in [0.25, 0.3) is 0 Å². The summed E-state index contributed by atoms with van der Waals surface area (Å²) in [4.78, 5) is 19.9. The molecule has 1 amide bonds. The van der Waals surface area contributed by atoms with E-state index in [-0.39, 0.29) is 11.5 Å². The van der Waals surface area contributed by atoms with Gasteiger partial charge in [-0.15, -0.1) is 0 Å². The van der Waals surface area contributed by atoms with Crippen LogP contribution in [0, 0.1) is 6.92 Å². The van der Waals surface area contributed by atoms with E-state index in [9.17, 15) is 9.59 Å². The number of carboxylic acid groups (broad SMARTS) is 1. The summed E-state index contributed by atoms with van der Waals surface area (Å²) >= 11 is 0. The fourth-order valence-electron chi connectivity index (χ4n) is 0.913. The molecule has 0 saturated carbocycles. The molecule has 4 N–H and O–H groups in total. The number of nitrogens with one attached hydrogen (secondary N) is 1. The molecule has 0 bridgehead atoms. The molecule has 0 unspecified atom stereocenters. The quantitative estimate of drug-likeness (QED) is 0.459. The summed E-state index contributed by atoms with van der Waals surface area (Å²) in [6.45, 7) is 2.46. The van der Waals surface area contributed by atoms with Crippen LogP contribution in [0.1, 0.15) is 15.9 Å². The first-order valence-corrected chi connectivity index (χ1v) is 4.37. The number of aryl methyl sites for hydroxylation is 1. The Labute approximate surface area is 86.9 Å². The van der Waals surface area contributed by atoms with Crippen molar-refractivity contribution in [1.29, 1.82) is 0 Å². The van der Waals surface area contributed by atoms with Crippen LogP contribution in [0.5, 0.6) is 0 Å². The Kier molecular flexibility index (Phi) is 3.28. The molecule has 0 atom stereocenters. The third-order valence-corrected chi connectivity index (χ3v) is 1.76. The van der Waals surface area contributed by atoms with Crippen molar-refractivity contribution in [3.05, 3.63) is 29.3 Å². The molecule has 15 heavy (non-hydrogen) atoms. The van der Waals surface area contributed by atoms with Crippen molar-refractivity contribution < 1.29 is 14.7 Å². The molecule has 5 nitrogen and oxygen atoms in total. The van der Waals surface area contributed by atoms with Crippen LogP contribution in [-0.4, -0.2) is 23.5 Å². The van der Waals surface area contributed by atoms with E-state index in [1.165, 1.54) is 6.07 Å². The summed E-state index contributed by atoms with van der Waals surface area (Å²) in [5.41, 5.74) is 6.89. The number of benzene rings is 1. The van der Waals surface area contributed by atoms with E-state index < -0.39 is 5.97 Å². The molecule has 0 aromatic heterocycles. The molecule has 1 heterocycles. The summed E-state index contributed by atoms with van der Waals surface area (Å²) in [7, 11) is 0.